The molecule has 0 heterocycles. The lowest BCUT2D eigenvalue weighted by Crippen LogP contribution is -2.16. The van der Waals surface area contributed by atoms with Gasteiger partial charge in [0.25, 0.3) is 0 Å². The zero-order chi connectivity index (χ0) is 9.84. The van der Waals surface area contributed by atoms with Crippen LogP contribution in [-0.2, 0) is 4.79 Å². The van der Waals surface area contributed by atoms with E-state index in [2.05, 4.69) is 5.32 Å². The van der Waals surface area contributed by atoms with Gasteiger partial charge in [-0.25, -0.2) is 0 Å². The van der Waals surface area contributed by atoms with E-state index in [-0.39, 0.29) is 0 Å². The molecule has 1 rings (SSSR count). The highest BCUT2D eigenvalue weighted by Gasteiger charge is 2.03. The number of anilines is 2. The molecule has 0 aliphatic rings. The van der Waals surface area contributed by atoms with Crippen LogP contribution in [0.1, 0.15) is 0 Å². The average molecular weight is 201 g/mol. The number of nitrogens with one attached hydrogen (secondary N) is 1. The van der Waals surface area contributed by atoms with Crippen molar-refractivity contribution in [3.8, 4) is 0 Å². The van der Waals surface area contributed by atoms with Crippen LogP contribution in [0.15, 0.2) is 18.2 Å². The van der Waals surface area contributed by atoms with Crippen molar-refractivity contribution < 1.29 is 9.90 Å². The Morgan fingerprint density at radius 2 is 2.31 bits per heavy atom. The van der Waals surface area contributed by atoms with E-state index in [1.54, 1.807) is 12.1 Å². The molecule has 4 N–H and O–H groups in total. The SMILES string of the molecule is Nc1ccc(Cl)cc1NC(=O)CO. The van der Waals surface area contributed by atoms with E-state index in [4.69, 9.17) is 22.4 Å². The molecule has 0 aromatic heterocycles. The van der Waals surface area contributed by atoms with Gasteiger partial charge in [0.1, 0.15) is 6.61 Å². The number of amides is 1. The molecule has 1 amide bonds. The quantitative estimate of drug-likeness (QED) is 0.620. The van der Waals surface area contributed by atoms with Gasteiger partial charge in [0.2, 0.25) is 5.91 Å². The number of carbonyl (C=O) groups is 1. The summed E-state index contributed by atoms with van der Waals surface area (Å²) in [5.41, 5.74) is 6.35. The van der Waals surface area contributed by atoms with Gasteiger partial charge in [-0.15, -0.1) is 0 Å². The summed E-state index contributed by atoms with van der Waals surface area (Å²) >= 11 is 5.67. The van der Waals surface area contributed by atoms with E-state index in [0.29, 0.717) is 16.4 Å². The number of benzene rings is 1. The molecule has 4 nitrogen and oxygen atoms in total. The summed E-state index contributed by atoms with van der Waals surface area (Å²) in [7, 11) is 0. The van der Waals surface area contributed by atoms with E-state index >= 15 is 0 Å². The Labute approximate surface area is 80.3 Å². The molecular formula is C8H9ClN2O2. The van der Waals surface area contributed by atoms with Gasteiger partial charge in [-0.3, -0.25) is 4.79 Å². The summed E-state index contributed by atoms with van der Waals surface area (Å²) < 4.78 is 0. The minimum Gasteiger partial charge on any atom is -0.397 e. The van der Waals surface area contributed by atoms with Crippen LogP contribution in [0.5, 0.6) is 0 Å². The average Bonchev–Trinajstić information content (AvgIpc) is 2.11. The smallest absolute Gasteiger partial charge is 0.250 e. The summed E-state index contributed by atoms with van der Waals surface area (Å²) in [6, 6.07) is 4.71. The predicted molar refractivity (Wildman–Crippen MR) is 51.6 cm³/mol. The first kappa shape index (κ1) is 9.83. The Balaban J connectivity index is 2.87. The van der Waals surface area contributed by atoms with Crippen molar-refractivity contribution in [3.05, 3.63) is 23.2 Å². The molecular weight excluding hydrogens is 192 g/mol. The molecule has 0 saturated carbocycles. The maximum atomic E-state index is 10.8. The molecule has 0 fully saturated rings. The fourth-order valence-electron chi connectivity index (χ4n) is 0.826. The second kappa shape index (κ2) is 4.11. The van der Waals surface area contributed by atoms with E-state index < -0.39 is 12.5 Å². The summed E-state index contributed by atoms with van der Waals surface area (Å²) in [5.74, 6) is -0.519. The molecule has 0 radical (unpaired) electrons. The standard InChI is InChI=1S/C8H9ClN2O2/c9-5-1-2-6(10)7(3-5)11-8(13)4-12/h1-3,12H,4,10H2,(H,11,13). The molecule has 0 saturated heterocycles. The Bertz CT molecular complexity index is 328. The number of hydrogen-bond donors (Lipinski definition) is 3. The van der Waals surface area contributed by atoms with Crippen LogP contribution in [-0.4, -0.2) is 17.6 Å². The highest BCUT2D eigenvalue weighted by Crippen LogP contribution is 2.22. The molecule has 0 unspecified atom stereocenters. The fourth-order valence-corrected chi connectivity index (χ4v) is 0.999. The predicted octanol–water partition coefficient (Wildman–Crippen LogP) is 0.853. The van der Waals surface area contributed by atoms with E-state index in [0.717, 1.165) is 0 Å². The van der Waals surface area contributed by atoms with Crippen LogP contribution in [0.25, 0.3) is 0 Å². The van der Waals surface area contributed by atoms with Gasteiger partial charge in [-0.1, -0.05) is 11.6 Å². The van der Waals surface area contributed by atoms with Crippen LogP contribution in [0.3, 0.4) is 0 Å². The first-order valence-corrected chi connectivity index (χ1v) is 3.97. The largest absolute Gasteiger partial charge is 0.397 e. The van der Waals surface area contributed by atoms with Crippen molar-refractivity contribution >= 4 is 28.9 Å². The van der Waals surface area contributed by atoms with E-state index in [1.807, 2.05) is 0 Å². The molecule has 13 heavy (non-hydrogen) atoms. The van der Waals surface area contributed by atoms with Crippen molar-refractivity contribution in [2.45, 2.75) is 0 Å². The summed E-state index contributed by atoms with van der Waals surface area (Å²) in [5, 5.41) is 11.3. The highest BCUT2D eigenvalue weighted by atomic mass is 35.5. The van der Waals surface area contributed by atoms with Crippen LogP contribution in [0.2, 0.25) is 5.02 Å². The number of carbonyl (C=O) groups excluding carboxylic acids is 1. The number of hydrogen-bond acceptors (Lipinski definition) is 3. The van der Waals surface area contributed by atoms with Crippen molar-refractivity contribution in [1.82, 2.24) is 0 Å². The van der Waals surface area contributed by atoms with Crippen LogP contribution in [0, 0.1) is 0 Å². The molecule has 0 atom stereocenters. The van der Waals surface area contributed by atoms with Gasteiger partial charge in [0, 0.05) is 5.02 Å². The molecule has 0 bridgehead atoms. The van der Waals surface area contributed by atoms with Gasteiger partial charge in [-0.2, -0.15) is 0 Å². The molecule has 0 aliphatic carbocycles. The van der Waals surface area contributed by atoms with Crippen LogP contribution >= 0.6 is 11.6 Å². The first-order valence-electron chi connectivity index (χ1n) is 3.59. The molecule has 0 aliphatic heterocycles. The second-order valence-corrected chi connectivity index (χ2v) is 2.87. The van der Waals surface area contributed by atoms with Crippen molar-refractivity contribution in [2.75, 3.05) is 17.7 Å². The number of aliphatic hydroxyl groups excluding tert-OH is 1. The lowest BCUT2D eigenvalue weighted by atomic mass is 10.2. The Morgan fingerprint density at radius 1 is 1.62 bits per heavy atom. The fraction of sp³-hybridized carbons (Fsp3) is 0.125. The van der Waals surface area contributed by atoms with Crippen molar-refractivity contribution in [3.63, 3.8) is 0 Å². The third-order valence-electron chi connectivity index (χ3n) is 1.43. The van der Waals surface area contributed by atoms with E-state index in [9.17, 15) is 4.79 Å². The topological polar surface area (TPSA) is 75.3 Å². The lowest BCUT2D eigenvalue weighted by Gasteiger charge is -2.06. The zero-order valence-electron chi connectivity index (χ0n) is 6.75. The molecule has 1 aromatic carbocycles. The van der Waals surface area contributed by atoms with Gasteiger partial charge in [0.05, 0.1) is 11.4 Å². The number of nitrogen functional groups attached to an aromatic ring is 1. The molecule has 70 valence electrons. The number of rotatable bonds is 2. The third kappa shape index (κ3) is 2.61. The van der Waals surface area contributed by atoms with Gasteiger partial charge >= 0.3 is 0 Å². The van der Waals surface area contributed by atoms with Gasteiger partial charge < -0.3 is 16.2 Å². The maximum Gasteiger partial charge on any atom is 0.250 e. The van der Waals surface area contributed by atoms with E-state index in [1.165, 1.54) is 6.07 Å². The summed E-state index contributed by atoms with van der Waals surface area (Å²) in [4.78, 5) is 10.8. The van der Waals surface area contributed by atoms with Crippen LogP contribution in [0.4, 0.5) is 11.4 Å². The minimum absolute atomic E-state index is 0.409. The lowest BCUT2D eigenvalue weighted by molar-refractivity contribution is -0.118. The number of aliphatic hydroxyl groups is 1. The zero-order valence-corrected chi connectivity index (χ0v) is 7.51. The monoisotopic (exact) mass is 200 g/mol. The van der Waals surface area contributed by atoms with Gasteiger partial charge in [-0.05, 0) is 18.2 Å². The molecule has 5 heteroatoms. The van der Waals surface area contributed by atoms with Crippen molar-refractivity contribution in [2.24, 2.45) is 0 Å². The minimum atomic E-state index is -0.577. The Hall–Kier alpha value is -1.26. The number of halogens is 1. The Kier molecular flexibility index (Phi) is 3.11. The normalized spacial score (nSPS) is 9.69. The molecule has 1 aromatic rings. The summed E-state index contributed by atoms with van der Waals surface area (Å²) in [6.07, 6.45) is 0. The third-order valence-corrected chi connectivity index (χ3v) is 1.67. The first-order chi connectivity index (χ1) is 6.13. The van der Waals surface area contributed by atoms with Gasteiger partial charge in [0.15, 0.2) is 0 Å². The van der Waals surface area contributed by atoms with Crippen molar-refractivity contribution in [1.29, 1.82) is 0 Å². The second-order valence-electron chi connectivity index (χ2n) is 2.44. The number of nitrogens with two attached hydrogens (primary N) is 1. The highest BCUT2D eigenvalue weighted by molar-refractivity contribution is 6.31. The van der Waals surface area contributed by atoms with Crippen LogP contribution < -0.4 is 11.1 Å². The molecule has 0 spiro atoms. The summed E-state index contributed by atoms with van der Waals surface area (Å²) in [6.45, 7) is -0.577. The maximum absolute atomic E-state index is 10.8. The Morgan fingerprint density at radius 3 is 2.92 bits per heavy atom.